The van der Waals surface area contributed by atoms with Gasteiger partial charge in [-0.25, -0.2) is 9.37 Å². The lowest BCUT2D eigenvalue weighted by atomic mass is 10.1. The van der Waals surface area contributed by atoms with Gasteiger partial charge in [0.15, 0.2) is 0 Å². The Morgan fingerprint density at radius 1 is 1.50 bits per heavy atom. The standard InChI is InChI=1S/C11H9FN4/c12-9-2-1-3-10(8(9)6-13)16-5-4-15-11(16)7-14/h1-5H,6,13H2. The van der Waals surface area contributed by atoms with Crippen molar-refractivity contribution in [2.75, 3.05) is 0 Å². The second-order valence-corrected chi connectivity index (χ2v) is 3.17. The summed E-state index contributed by atoms with van der Waals surface area (Å²) in [7, 11) is 0. The normalized spacial score (nSPS) is 10.1. The van der Waals surface area contributed by atoms with Crippen LogP contribution in [0.15, 0.2) is 30.6 Å². The molecule has 1 heterocycles. The number of nitriles is 1. The summed E-state index contributed by atoms with van der Waals surface area (Å²) in [6.07, 6.45) is 3.09. The minimum Gasteiger partial charge on any atom is -0.326 e. The maximum atomic E-state index is 13.5. The van der Waals surface area contributed by atoms with Crippen molar-refractivity contribution in [3.8, 4) is 11.8 Å². The molecule has 0 bridgehead atoms. The zero-order valence-corrected chi connectivity index (χ0v) is 8.39. The average molecular weight is 216 g/mol. The first-order valence-electron chi connectivity index (χ1n) is 4.69. The fourth-order valence-electron chi connectivity index (χ4n) is 1.56. The van der Waals surface area contributed by atoms with Crippen LogP contribution in [0.2, 0.25) is 0 Å². The molecule has 5 heteroatoms. The molecule has 0 saturated heterocycles. The summed E-state index contributed by atoms with van der Waals surface area (Å²) in [4.78, 5) is 3.85. The highest BCUT2D eigenvalue weighted by atomic mass is 19.1. The Morgan fingerprint density at radius 2 is 2.31 bits per heavy atom. The molecule has 4 nitrogen and oxygen atoms in total. The number of benzene rings is 1. The summed E-state index contributed by atoms with van der Waals surface area (Å²) in [5.74, 6) is -0.169. The number of imidazole rings is 1. The Hall–Kier alpha value is -2.19. The predicted molar refractivity (Wildman–Crippen MR) is 56.1 cm³/mol. The van der Waals surface area contributed by atoms with Crippen LogP contribution < -0.4 is 5.73 Å². The Bertz CT molecular complexity index is 553. The van der Waals surface area contributed by atoms with Gasteiger partial charge >= 0.3 is 0 Å². The third-order valence-corrected chi connectivity index (χ3v) is 2.30. The molecule has 0 aliphatic heterocycles. The van der Waals surface area contributed by atoms with Crippen LogP contribution in [0.5, 0.6) is 0 Å². The number of rotatable bonds is 2. The summed E-state index contributed by atoms with van der Waals surface area (Å²) in [6.45, 7) is 0.0745. The Kier molecular flexibility index (Phi) is 2.66. The molecule has 0 atom stereocenters. The minimum absolute atomic E-state index is 0.0745. The van der Waals surface area contributed by atoms with Crippen LogP contribution in [0.1, 0.15) is 11.4 Å². The van der Waals surface area contributed by atoms with Gasteiger partial charge in [-0.15, -0.1) is 0 Å². The van der Waals surface area contributed by atoms with Crippen LogP contribution >= 0.6 is 0 Å². The molecule has 0 unspecified atom stereocenters. The van der Waals surface area contributed by atoms with Gasteiger partial charge in [0.2, 0.25) is 5.82 Å². The van der Waals surface area contributed by atoms with Gasteiger partial charge in [-0.1, -0.05) is 6.07 Å². The number of hydrogen-bond acceptors (Lipinski definition) is 3. The highest BCUT2D eigenvalue weighted by Crippen LogP contribution is 2.18. The molecule has 80 valence electrons. The molecular formula is C11H9FN4. The zero-order chi connectivity index (χ0) is 11.5. The van der Waals surface area contributed by atoms with E-state index in [1.165, 1.54) is 16.8 Å². The van der Waals surface area contributed by atoms with Crippen LogP contribution in [-0.2, 0) is 6.54 Å². The van der Waals surface area contributed by atoms with E-state index in [1.54, 1.807) is 18.3 Å². The van der Waals surface area contributed by atoms with E-state index in [9.17, 15) is 4.39 Å². The Morgan fingerprint density at radius 3 is 3.00 bits per heavy atom. The highest BCUT2D eigenvalue weighted by molar-refractivity contribution is 5.44. The molecule has 16 heavy (non-hydrogen) atoms. The number of aromatic nitrogens is 2. The maximum absolute atomic E-state index is 13.5. The molecule has 0 aliphatic rings. The van der Waals surface area contributed by atoms with Gasteiger partial charge in [-0.2, -0.15) is 5.26 Å². The summed E-state index contributed by atoms with van der Waals surface area (Å²) in [5.41, 5.74) is 6.42. The first kappa shape index (κ1) is 10.3. The SMILES string of the molecule is N#Cc1nccn1-c1cccc(F)c1CN. The van der Waals surface area contributed by atoms with Gasteiger partial charge in [0.25, 0.3) is 0 Å². The van der Waals surface area contributed by atoms with Gasteiger partial charge in [0.05, 0.1) is 5.69 Å². The molecule has 0 amide bonds. The van der Waals surface area contributed by atoms with E-state index < -0.39 is 0 Å². The first-order chi connectivity index (χ1) is 7.77. The van der Waals surface area contributed by atoms with Crippen molar-refractivity contribution in [1.82, 2.24) is 9.55 Å². The van der Waals surface area contributed by atoms with Crippen LogP contribution in [0.3, 0.4) is 0 Å². The smallest absolute Gasteiger partial charge is 0.217 e. The number of hydrogen-bond donors (Lipinski definition) is 1. The first-order valence-corrected chi connectivity index (χ1v) is 4.69. The van der Waals surface area contributed by atoms with Gasteiger partial charge in [-0.3, -0.25) is 4.57 Å². The van der Waals surface area contributed by atoms with Gasteiger partial charge < -0.3 is 5.73 Å². The van der Waals surface area contributed by atoms with Crippen LogP contribution in [0.25, 0.3) is 5.69 Å². The van der Waals surface area contributed by atoms with Crippen LogP contribution in [-0.4, -0.2) is 9.55 Å². The zero-order valence-electron chi connectivity index (χ0n) is 8.39. The van der Waals surface area contributed by atoms with Crippen LogP contribution in [0, 0.1) is 17.1 Å². The van der Waals surface area contributed by atoms with Gasteiger partial charge in [-0.05, 0) is 12.1 Å². The third kappa shape index (κ3) is 1.55. The maximum Gasteiger partial charge on any atom is 0.217 e. The Balaban J connectivity index is 2.65. The lowest BCUT2D eigenvalue weighted by molar-refractivity contribution is 0.608. The summed E-state index contributed by atoms with van der Waals surface area (Å²) < 4.78 is 15.0. The van der Waals surface area contributed by atoms with E-state index in [1.807, 2.05) is 6.07 Å². The second-order valence-electron chi connectivity index (χ2n) is 3.17. The molecule has 2 aromatic rings. The van der Waals surface area contributed by atoms with E-state index in [2.05, 4.69) is 4.98 Å². The minimum atomic E-state index is -0.377. The van der Waals surface area contributed by atoms with Crippen molar-refractivity contribution in [3.63, 3.8) is 0 Å². The molecular weight excluding hydrogens is 207 g/mol. The number of nitrogens with two attached hydrogens (primary N) is 1. The molecule has 0 spiro atoms. The lowest BCUT2D eigenvalue weighted by Gasteiger charge is -2.09. The summed E-state index contributed by atoms with van der Waals surface area (Å²) in [5, 5.41) is 8.84. The number of nitrogens with zero attached hydrogens (tertiary/aromatic N) is 3. The molecule has 0 aliphatic carbocycles. The number of halogens is 1. The second kappa shape index (κ2) is 4.13. The van der Waals surface area contributed by atoms with E-state index in [0.717, 1.165) is 0 Å². The molecule has 0 fully saturated rings. The van der Waals surface area contributed by atoms with Crippen molar-refractivity contribution >= 4 is 0 Å². The van der Waals surface area contributed by atoms with E-state index >= 15 is 0 Å². The van der Waals surface area contributed by atoms with Crippen molar-refractivity contribution < 1.29 is 4.39 Å². The van der Waals surface area contributed by atoms with Crippen molar-refractivity contribution in [2.24, 2.45) is 5.73 Å². The molecule has 1 aromatic carbocycles. The quantitative estimate of drug-likeness (QED) is 0.823. The lowest BCUT2D eigenvalue weighted by Crippen LogP contribution is -2.07. The summed E-state index contributed by atoms with van der Waals surface area (Å²) >= 11 is 0. The van der Waals surface area contributed by atoms with Gasteiger partial charge in [0.1, 0.15) is 11.9 Å². The monoisotopic (exact) mass is 216 g/mol. The fraction of sp³-hybridized carbons (Fsp3) is 0.0909. The Labute approximate surface area is 91.8 Å². The fourth-order valence-corrected chi connectivity index (χ4v) is 1.56. The molecule has 1 aromatic heterocycles. The average Bonchev–Trinajstić information content (AvgIpc) is 2.76. The van der Waals surface area contributed by atoms with Crippen molar-refractivity contribution in [1.29, 1.82) is 5.26 Å². The molecule has 2 N–H and O–H groups in total. The van der Waals surface area contributed by atoms with Crippen molar-refractivity contribution in [2.45, 2.75) is 6.54 Å². The highest BCUT2D eigenvalue weighted by Gasteiger charge is 2.11. The predicted octanol–water partition coefficient (Wildman–Crippen LogP) is 1.34. The van der Waals surface area contributed by atoms with E-state index in [0.29, 0.717) is 11.3 Å². The van der Waals surface area contributed by atoms with Crippen molar-refractivity contribution in [3.05, 3.63) is 47.8 Å². The van der Waals surface area contributed by atoms with Gasteiger partial charge in [0, 0.05) is 24.5 Å². The molecule has 2 rings (SSSR count). The summed E-state index contributed by atoms with van der Waals surface area (Å²) in [6, 6.07) is 6.55. The third-order valence-electron chi connectivity index (χ3n) is 2.30. The topological polar surface area (TPSA) is 67.6 Å². The largest absolute Gasteiger partial charge is 0.326 e. The molecule has 0 radical (unpaired) electrons. The molecule has 0 saturated carbocycles. The van der Waals surface area contributed by atoms with E-state index in [4.69, 9.17) is 11.0 Å². The van der Waals surface area contributed by atoms with Crippen LogP contribution in [0.4, 0.5) is 4.39 Å². The van der Waals surface area contributed by atoms with E-state index in [-0.39, 0.29) is 18.2 Å².